The molecular weight excluding hydrogens is 534 g/mol. The van der Waals surface area contributed by atoms with Crippen molar-refractivity contribution in [1.29, 1.82) is 0 Å². The Labute approximate surface area is 222 Å². The molecule has 0 aliphatic heterocycles. The van der Waals surface area contributed by atoms with Crippen molar-refractivity contribution in [2.75, 3.05) is 13.7 Å². The summed E-state index contributed by atoms with van der Waals surface area (Å²) in [5.74, 6) is 1.93. The summed E-state index contributed by atoms with van der Waals surface area (Å²) in [4.78, 5) is 18.2. The van der Waals surface area contributed by atoms with Crippen LogP contribution in [0.15, 0.2) is 85.5 Å². The van der Waals surface area contributed by atoms with Gasteiger partial charge in [-0.1, -0.05) is 51.1 Å². The van der Waals surface area contributed by atoms with Crippen LogP contribution in [0.25, 0.3) is 33.5 Å². The van der Waals surface area contributed by atoms with E-state index in [4.69, 9.17) is 18.9 Å². The van der Waals surface area contributed by atoms with Crippen LogP contribution in [-0.4, -0.2) is 29.6 Å². The molecule has 8 heteroatoms. The summed E-state index contributed by atoms with van der Waals surface area (Å²) < 4.78 is 19.6. The van der Waals surface area contributed by atoms with E-state index in [2.05, 4.69) is 41.8 Å². The third kappa shape index (κ3) is 5.15. The standard InChI is InChI=1S/C29H26BrN3O4/c1-29(2,3)17-36-26-21(30)13-18(14-24(26)35-4)16-31-33-27(25-15-19-9-5-8-12-23(19)37-25)32-22-11-7-6-10-20(22)28(33)34/h5-16H,17H2,1-4H3. The summed E-state index contributed by atoms with van der Waals surface area (Å²) >= 11 is 3.59. The zero-order chi connectivity index (χ0) is 26.2. The molecule has 5 aromatic rings. The van der Waals surface area contributed by atoms with Gasteiger partial charge in [-0.05, 0) is 63.3 Å². The molecule has 0 bridgehead atoms. The fraction of sp³-hybridized carbons (Fsp3) is 0.207. The number of ether oxygens (including phenoxy) is 2. The molecule has 7 nitrogen and oxygen atoms in total. The fourth-order valence-corrected chi connectivity index (χ4v) is 4.42. The molecule has 0 saturated heterocycles. The highest BCUT2D eigenvalue weighted by atomic mass is 79.9. The van der Waals surface area contributed by atoms with E-state index in [9.17, 15) is 4.79 Å². The number of furan rings is 1. The molecule has 0 unspecified atom stereocenters. The van der Waals surface area contributed by atoms with Gasteiger partial charge < -0.3 is 13.9 Å². The molecule has 3 aromatic carbocycles. The maximum absolute atomic E-state index is 13.5. The van der Waals surface area contributed by atoms with Gasteiger partial charge in [0, 0.05) is 5.39 Å². The molecule has 0 amide bonds. The number of aromatic nitrogens is 2. The normalized spacial score (nSPS) is 12.0. The Morgan fingerprint density at radius 3 is 2.59 bits per heavy atom. The molecule has 2 heterocycles. The Hall–Kier alpha value is -3.91. The molecular formula is C29H26BrN3O4. The number of para-hydroxylation sites is 2. The van der Waals surface area contributed by atoms with E-state index >= 15 is 0 Å². The van der Waals surface area contributed by atoms with Gasteiger partial charge in [-0.2, -0.15) is 9.78 Å². The molecule has 0 radical (unpaired) electrons. The molecule has 0 aliphatic carbocycles. The Balaban J connectivity index is 1.61. The van der Waals surface area contributed by atoms with Gasteiger partial charge in [0.1, 0.15) is 5.58 Å². The number of rotatable bonds is 6. The lowest BCUT2D eigenvalue weighted by molar-refractivity contribution is 0.190. The second-order valence-electron chi connectivity index (χ2n) is 9.85. The lowest BCUT2D eigenvalue weighted by atomic mass is 9.99. The highest BCUT2D eigenvalue weighted by molar-refractivity contribution is 9.10. The molecule has 37 heavy (non-hydrogen) atoms. The predicted molar refractivity (Wildman–Crippen MR) is 150 cm³/mol. The second-order valence-corrected chi connectivity index (χ2v) is 10.7. The smallest absolute Gasteiger partial charge is 0.282 e. The Kier molecular flexibility index (Phi) is 6.60. The van der Waals surface area contributed by atoms with Crippen molar-refractivity contribution in [2.24, 2.45) is 10.5 Å². The fourth-order valence-electron chi connectivity index (χ4n) is 3.85. The number of hydrogen-bond donors (Lipinski definition) is 0. The minimum absolute atomic E-state index is 0.0120. The summed E-state index contributed by atoms with van der Waals surface area (Å²) in [7, 11) is 1.59. The molecule has 0 atom stereocenters. The molecule has 2 aromatic heterocycles. The summed E-state index contributed by atoms with van der Waals surface area (Å²) in [5, 5.41) is 5.92. The average molecular weight is 560 g/mol. The number of hydrogen-bond acceptors (Lipinski definition) is 6. The number of halogens is 1. The van der Waals surface area contributed by atoms with Gasteiger partial charge >= 0.3 is 0 Å². The van der Waals surface area contributed by atoms with Gasteiger partial charge in [0.25, 0.3) is 5.56 Å². The van der Waals surface area contributed by atoms with Gasteiger partial charge in [-0.3, -0.25) is 4.79 Å². The van der Waals surface area contributed by atoms with E-state index < -0.39 is 0 Å². The molecule has 0 saturated carbocycles. The van der Waals surface area contributed by atoms with E-state index in [1.54, 1.807) is 31.5 Å². The van der Waals surface area contributed by atoms with Crippen molar-refractivity contribution in [3.8, 4) is 23.1 Å². The maximum atomic E-state index is 13.5. The third-order valence-corrected chi connectivity index (χ3v) is 6.21. The number of nitrogens with zero attached hydrogens (tertiary/aromatic N) is 3. The predicted octanol–water partition coefficient (Wildman–Crippen LogP) is 6.89. The van der Waals surface area contributed by atoms with Gasteiger partial charge in [0.2, 0.25) is 5.82 Å². The summed E-state index contributed by atoms with van der Waals surface area (Å²) in [5.41, 5.74) is 1.67. The van der Waals surface area contributed by atoms with Crippen molar-refractivity contribution in [1.82, 2.24) is 9.66 Å². The van der Waals surface area contributed by atoms with Crippen LogP contribution >= 0.6 is 15.9 Å². The Bertz CT molecular complexity index is 1660. The quantitative estimate of drug-likeness (QED) is 0.212. The molecule has 5 rings (SSSR count). The van der Waals surface area contributed by atoms with Crippen molar-refractivity contribution in [3.63, 3.8) is 0 Å². The van der Waals surface area contributed by atoms with E-state index in [0.29, 0.717) is 51.7 Å². The van der Waals surface area contributed by atoms with Crippen molar-refractivity contribution >= 4 is 44.0 Å². The van der Waals surface area contributed by atoms with Crippen LogP contribution in [0.5, 0.6) is 11.5 Å². The first kappa shape index (κ1) is 24.8. The summed E-state index contributed by atoms with van der Waals surface area (Å²) in [6.07, 6.45) is 1.59. The molecule has 188 valence electrons. The first-order chi connectivity index (χ1) is 17.7. The minimum Gasteiger partial charge on any atom is -0.493 e. The van der Waals surface area contributed by atoms with E-state index in [1.165, 1.54) is 4.68 Å². The third-order valence-electron chi connectivity index (χ3n) is 5.62. The van der Waals surface area contributed by atoms with Crippen LogP contribution in [0.4, 0.5) is 0 Å². The van der Waals surface area contributed by atoms with Gasteiger partial charge in [0.05, 0.1) is 35.3 Å². The highest BCUT2D eigenvalue weighted by Gasteiger charge is 2.18. The largest absolute Gasteiger partial charge is 0.493 e. The Morgan fingerprint density at radius 1 is 1.08 bits per heavy atom. The van der Waals surface area contributed by atoms with Crippen molar-refractivity contribution < 1.29 is 13.9 Å². The second kappa shape index (κ2) is 9.86. The van der Waals surface area contributed by atoms with Crippen molar-refractivity contribution in [3.05, 3.63) is 87.1 Å². The van der Waals surface area contributed by atoms with Crippen LogP contribution in [-0.2, 0) is 0 Å². The maximum Gasteiger partial charge on any atom is 0.282 e. The minimum atomic E-state index is -0.298. The SMILES string of the molecule is COc1cc(C=Nn2c(-c3cc4ccccc4o3)nc3ccccc3c2=O)cc(Br)c1OCC(C)(C)C. The zero-order valence-electron chi connectivity index (χ0n) is 21.0. The highest BCUT2D eigenvalue weighted by Crippen LogP contribution is 2.37. The van der Waals surface area contributed by atoms with Crippen LogP contribution in [0.3, 0.4) is 0 Å². The van der Waals surface area contributed by atoms with E-state index in [-0.39, 0.29) is 11.0 Å². The first-order valence-electron chi connectivity index (χ1n) is 11.8. The number of methoxy groups -OCH3 is 1. The molecule has 0 aliphatic rings. The molecule has 0 N–H and O–H groups in total. The summed E-state index contributed by atoms with van der Waals surface area (Å²) in [6.45, 7) is 6.82. The number of fused-ring (bicyclic) bond motifs is 2. The summed E-state index contributed by atoms with van der Waals surface area (Å²) in [6, 6.07) is 20.4. The van der Waals surface area contributed by atoms with E-state index in [1.807, 2.05) is 48.5 Å². The first-order valence-corrected chi connectivity index (χ1v) is 12.6. The monoisotopic (exact) mass is 559 g/mol. The molecule has 0 fully saturated rings. The topological polar surface area (TPSA) is 78.9 Å². The lowest BCUT2D eigenvalue weighted by Crippen LogP contribution is -2.20. The average Bonchev–Trinajstić information content (AvgIpc) is 3.31. The van der Waals surface area contributed by atoms with Crippen LogP contribution in [0, 0.1) is 5.41 Å². The molecule has 0 spiro atoms. The van der Waals surface area contributed by atoms with Crippen molar-refractivity contribution in [2.45, 2.75) is 20.8 Å². The van der Waals surface area contributed by atoms with E-state index in [0.717, 1.165) is 9.86 Å². The van der Waals surface area contributed by atoms with Crippen LogP contribution in [0.2, 0.25) is 0 Å². The van der Waals surface area contributed by atoms with Crippen LogP contribution in [0.1, 0.15) is 26.3 Å². The Morgan fingerprint density at radius 2 is 1.84 bits per heavy atom. The lowest BCUT2D eigenvalue weighted by Gasteiger charge is -2.21. The van der Waals surface area contributed by atoms with Gasteiger partial charge in [-0.15, -0.1) is 0 Å². The number of benzene rings is 3. The van der Waals surface area contributed by atoms with Gasteiger partial charge in [-0.25, -0.2) is 4.98 Å². The zero-order valence-corrected chi connectivity index (χ0v) is 22.6. The van der Waals surface area contributed by atoms with Gasteiger partial charge in [0.15, 0.2) is 17.3 Å². The van der Waals surface area contributed by atoms with Crippen LogP contribution < -0.4 is 15.0 Å².